The van der Waals surface area contributed by atoms with E-state index in [4.69, 9.17) is 5.26 Å². The molecular weight excluding hydrogens is 230 g/mol. The van der Waals surface area contributed by atoms with Crippen molar-refractivity contribution in [3.8, 4) is 6.07 Å². The van der Waals surface area contributed by atoms with Crippen molar-refractivity contribution in [2.45, 2.75) is 0 Å². The van der Waals surface area contributed by atoms with Crippen molar-refractivity contribution in [1.82, 2.24) is 4.98 Å². The van der Waals surface area contributed by atoms with E-state index in [2.05, 4.69) is 32.8 Å². The van der Waals surface area contributed by atoms with Gasteiger partial charge < -0.3 is 5.32 Å². The molecular formula is C9H8BrN3. The van der Waals surface area contributed by atoms with Gasteiger partial charge in [-0.05, 0) is 12.1 Å². The molecule has 0 atom stereocenters. The average molecular weight is 238 g/mol. The quantitative estimate of drug-likeness (QED) is 0.878. The third-order valence-corrected chi connectivity index (χ3v) is 1.61. The molecule has 1 heterocycles. The molecule has 66 valence electrons. The highest BCUT2D eigenvalue weighted by atomic mass is 79.9. The van der Waals surface area contributed by atoms with Gasteiger partial charge in [-0.2, -0.15) is 5.26 Å². The Balaban J connectivity index is 2.68. The molecule has 0 radical (unpaired) electrons. The Bertz CT molecular complexity index is 354. The molecule has 0 aliphatic heterocycles. The van der Waals surface area contributed by atoms with Crippen LogP contribution in [0.2, 0.25) is 0 Å². The van der Waals surface area contributed by atoms with E-state index in [-0.39, 0.29) is 0 Å². The van der Waals surface area contributed by atoms with Crippen molar-refractivity contribution in [3.05, 3.63) is 35.0 Å². The number of pyridine rings is 1. The smallest absolute Gasteiger partial charge is 0.142 e. The normalized spacial score (nSPS) is 8.92. The van der Waals surface area contributed by atoms with Crippen molar-refractivity contribution in [3.63, 3.8) is 0 Å². The van der Waals surface area contributed by atoms with Crippen LogP contribution in [-0.2, 0) is 0 Å². The maximum atomic E-state index is 8.57. The fourth-order valence-corrected chi connectivity index (χ4v) is 0.922. The minimum atomic E-state index is 0.408. The summed E-state index contributed by atoms with van der Waals surface area (Å²) >= 11 is 3.22. The minimum Gasteiger partial charge on any atom is -0.365 e. The van der Waals surface area contributed by atoms with Crippen LogP contribution in [0.4, 0.5) is 5.82 Å². The molecule has 1 N–H and O–H groups in total. The Morgan fingerprint density at radius 2 is 2.46 bits per heavy atom. The van der Waals surface area contributed by atoms with Crippen molar-refractivity contribution in [2.75, 3.05) is 11.9 Å². The van der Waals surface area contributed by atoms with Crippen LogP contribution < -0.4 is 5.32 Å². The van der Waals surface area contributed by atoms with E-state index in [1.54, 1.807) is 18.2 Å². The summed E-state index contributed by atoms with van der Waals surface area (Å²) in [7, 11) is 0. The molecule has 0 aromatic carbocycles. The van der Waals surface area contributed by atoms with Gasteiger partial charge in [0.25, 0.3) is 0 Å². The highest BCUT2D eigenvalue weighted by Crippen LogP contribution is 2.06. The van der Waals surface area contributed by atoms with Crippen molar-refractivity contribution in [1.29, 1.82) is 5.26 Å². The molecule has 0 aliphatic carbocycles. The van der Waals surface area contributed by atoms with E-state index in [1.807, 2.05) is 6.07 Å². The van der Waals surface area contributed by atoms with Crippen LogP contribution in [0.1, 0.15) is 5.69 Å². The summed E-state index contributed by atoms with van der Waals surface area (Å²) in [4.78, 5) is 4.03. The van der Waals surface area contributed by atoms with Crippen molar-refractivity contribution < 1.29 is 0 Å². The second-order valence-electron chi connectivity index (χ2n) is 2.39. The summed E-state index contributed by atoms with van der Waals surface area (Å²) in [5, 5.41) is 11.6. The molecule has 0 fully saturated rings. The Morgan fingerprint density at radius 3 is 3.08 bits per heavy atom. The van der Waals surface area contributed by atoms with Gasteiger partial charge in [0.2, 0.25) is 0 Å². The van der Waals surface area contributed by atoms with Gasteiger partial charge in [-0.25, -0.2) is 4.98 Å². The van der Waals surface area contributed by atoms with Crippen molar-refractivity contribution >= 4 is 21.7 Å². The molecule has 13 heavy (non-hydrogen) atoms. The van der Waals surface area contributed by atoms with Gasteiger partial charge in [-0.1, -0.05) is 28.6 Å². The Kier molecular flexibility index (Phi) is 3.47. The number of nitrogens with zero attached hydrogens (tertiary/aromatic N) is 2. The molecule has 1 rings (SSSR count). The van der Waals surface area contributed by atoms with Crippen LogP contribution >= 0.6 is 15.9 Å². The Hall–Kier alpha value is -1.34. The summed E-state index contributed by atoms with van der Waals surface area (Å²) in [5.41, 5.74) is 0.408. The third-order valence-electron chi connectivity index (χ3n) is 1.32. The minimum absolute atomic E-state index is 0.408. The fourth-order valence-electron chi connectivity index (χ4n) is 0.782. The van der Waals surface area contributed by atoms with Gasteiger partial charge in [0, 0.05) is 11.0 Å². The van der Waals surface area contributed by atoms with Gasteiger partial charge in [0.1, 0.15) is 17.6 Å². The number of halogens is 1. The molecule has 3 nitrogen and oxygen atoms in total. The highest BCUT2D eigenvalue weighted by molar-refractivity contribution is 9.11. The lowest BCUT2D eigenvalue weighted by Gasteiger charge is -2.03. The molecule has 0 unspecified atom stereocenters. The second-order valence-corrected chi connectivity index (χ2v) is 3.51. The first-order valence-electron chi connectivity index (χ1n) is 3.66. The van der Waals surface area contributed by atoms with Gasteiger partial charge in [0.05, 0.1) is 0 Å². The molecule has 0 spiro atoms. The first kappa shape index (κ1) is 9.75. The zero-order valence-electron chi connectivity index (χ0n) is 6.92. The van der Waals surface area contributed by atoms with Crippen LogP contribution in [0, 0.1) is 11.3 Å². The lowest BCUT2D eigenvalue weighted by Crippen LogP contribution is -2.02. The molecule has 0 saturated heterocycles. The summed E-state index contributed by atoms with van der Waals surface area (Å²) in [6, 6.07) is 7.22. The van der Waals surface area contributed by atoms with Gasteiger partial charge in [-0.15, -0.1) is 0 Å². The van der Waals surface area contributed by atoms with Gasteiger partial charge in [0.15, 0.2) is 0 Å². The zero-order chi connectivity index (χ0) is 9.68. The SMILES string of the molecule is C=C(Br)CNc1cccc(C#N)n1. The van der Waals surface area contributed by atoms with Crippen LogP contribution in [-0.4, -0.2) is 11.5 Å². The second kappa shape index (κ2) is 4.63. The number of hydrogen-bond donors (Lipinski definition) is 1. The van der Waals surface area contributed by atoms with Crippen LogP contribution in [0.15, 0.2) is 29.3 Å². The van der Waals surface area contributed by atoms with Crippen LogP contribution in [0.3, 0.4) is 0 Å². The zero-order valence-corrected chi connectivity index (χ0v) is 8.50. The lowest BCUT2D eigenvalue weighted by atomic mass is 10.3. The summed E-state index contributed by atoms with van der Waals surface area (Å²) in [6.07, 6.45) is 0. The van der Waals surface area contributed by atoms with E-state index in [0.29, 0.717) is 18.1 Å². The first-order valence-corrected chi connectivity index (χ1v) is 4.46. The van der Waals surface area contributed by atoms with E-state index in [9.17, 15) is 0 Å². The molecule has 0 amide bonds. The molecule has 0 aliphatic rings. The summed E-state index contributed by atoms with van der Waals surface area (Å²) in [6.45, 7) is 4.27. The summed E-state index contributed by atoms with van der Waals surface area (Å²) in [5.74, 6) is 0.680. The van der Waals surface area contributed by atoms with Crippen molar-refractivity contribution in [2.24, 2.45) is 0 Å². The predicted octanol–water partition coefficient (Wildman–Crippen LogP) is 2.27. The highest BCUT2D eigenvalue weighted by Gasteiger charge is 1.95. The number of aromatic nitrogens is 1. The van der Waals surface area contributed by atoms with Gasteiger partial charge >= 0.3 is 0 Å². The van der Waals surface area contributed by atoms with E-state index in [0.717, 1.165) is 4.48 Å². The van der Waals surface area contributed by atoms with E-state index < -0.39 is 0 Å². The maximum Gasteiger partial charge on any atom is 0.142 e. The maximum absolute atomic E-state index is 8.57. The molecule has 0 bridgehead atoms. The first-order chi connectivity index (χ1) is 6.22. The van der Waals surface area contributed by atoms with Crippen LogP contribution in [0.25, 0.3) is 0 Å². The molecule has 0 saturated carbocycles. The standard InChI is InChI=1S/C9H8BrN3/c1-7(10)6-12-9-4-2-3-8(5-11)13-9/h2-4H,1,6H2,(H,12,13). The topological polar surface area (TPSA) is 48.7 Å². The van der Waals surface area contributed by atoms with E-state index in [1.165, 1.54) is 0 Å². The van der Waals surface area contributed by atoms with E-state index >= 15 is 0 Å². The van der Waals surface area contributed by atoms with Gasteiger partial charge in [-0.3, -0.25) is 0 Å². The fraction of sp³-hybridized carbons (Fsp3) is 0.111. The monoisotopic (exact) mass is 237 g/mol. The average Bonchev–Trinajstić information content (AvgIpc) is 2.15. The third kappa shape index (κ3) is 3.26. The van der Waals surface area contributed by atoms with Crippen LogP contribution in [0.5, 0.6) is 0 Å². The number of hydrogen-bond acceptors (Lipinski definition) is 3. The largest absolute Gasteiger partial charge is 0.365 e. The Morgan fingerprint density at radius 1 is 1.69 bits per heavy atom. The Labute approximate surface area is 85.2 Å². The summed E-state index contributed by atoms with van der Waals surface area (Å²) < 4.78 is 0.844. The lowest BCUT2D eigenvalue weighted by molar-refractivity contribution is 1.20. The molecule has 1 aromatic rings. The number of nitriles is 1. The number of rotatable bonds is 3. The predicted molar refractivity (Wildman–Crippen MR) is 55.5 cm³/mol. The number of anilines is 1. The molecule has 4 heteroatoms. The number of nitrogens with one attached hydrogen (secondary N) is 1. The molecule has 1 aromatic heterocycles.